The van der Waals surface area contributed by atoms with E-state index in [1.807, 2.05) is 54.6 Å². The van der Waals surface area contributed by atoms with E-state index in [4.69, 9.17) is 10.5 Å². The minimum atomic E-state index is -1.16. The molecule has 20 heavy (non-hydrogen) atoms. The number of benzene rings is 2. The Morgan fingerprint density at radius 3 is 2.15 bits per heavy atom. The Hall–Kier alpha value is -1.84. The Morgan fingerprint density at radius 1 is 1.00 bits per heavy atom. The Kier molecular flexibility index (Phi) is 4.77. The highest BCUT2D eigenvalue weighted by Gasteiger charge is 2.29. The summed E-state index contributed by atoms with van der Waals surface area (Å²) in [6.07, 6.45) is 0.971. The number of ether oxygens (including phenoxy) is 1. The second-order valence-electron chi connectivity index (χ2n) is 4.80. The molecule has 1 atom stereocenters. The van der Waals surface area contributed by atoms with Gasteiger partial charge in [0, 0.05) is 6.54 Å². The van der Waals surface area contributed by atoms with E-state index in [9.17, 15) is 5.11 Å². The van der Waals surface area contributed by atoms with Gasteiger partial charge in [-0.25, -0.2) is 0 Å². The maximum absolute atomic E-state index is 10.9. The van der Waals surface area contributed by atoms with E-state index in [2.05, 4.69) is 6.92 Å². The molecule has 2 aromatic rings. The third-order valence-corrected chi connectivity index (χ3v) is 3.35. The van der Waals surface area contributed by atoms with Crippen molar-refractivity contribution in [2.75, 3.05) is 13.2 Å². The molecule has 0 aliphatic rings. The molecule has 0 aliphatic heterocycles. The second kappa shape index (κ2) is 6.55. The normalized spacial score (nSPS) is 13.8. The monoisotopic (exact) mass is 271 g/mol. The first-order valence-corrected chi connectivity index (χ1v) is 6.92. The summed E-state index contributed by atoms with van der Waals surface area (Å²) in [5, 5.41) is 10.9. The first-order chi connectivity index (χ1) is 9.70. The summed E-state index contributed by atoms with van der Waals surface area (Å²) in [7, 11) is 0. The van der Waals surface area contributed by atoms with Crippen LogP contribution in [0.5, 0.6) is 5.75 Å². The van der Waals surface area contributed by atoms with Crippen LogP contribution in [0.4, 0.5) is 0 Å². The zero-order chi connectivity index (χ0) is 14.4. The van der Waals surface area contributed by atoms with Crippen LogP contribution in [0.15, 0.2) is 54.6 Å². The van der Waals surface area contributed by atoms with Gasteiger partial charge in [0.05, 0.1) is 6.61 Å². The van der Waals surface area contributed by atoms with Crippen molar-refractivity contribution in [3.8, 4) is 5.75 Å². The van der Waals surface area contributed by atoms with Gasteiger partial charge in [0.15, 0.2) is 0 Å². The SMILES string of the molecule is CCCOc1ccc(C(O)(CN)c2ccccc2)cc1. The van der Waals surface area contributed by atoms with Crippen LogP contribution in [0.25, 0.3) is 0 Å². The van der Waals surface area contributed by atoms with Gasteiger partial charge in [0.2, 0.25) is 0 Å². The van der Waals surface area contributed by atoms with E-state index in [1.54, 1.807) is 0 Å². The third kappa shape index (κ3) is 3.00. The van der Waals surface area contributed by atoms with Crippen LogP contribution >= 0.6 is 0 Å². The summed E-state index contributed by atoms with van der Waals surface area (Å²) in [5.74, 6) is 0.808. The average Bonchev–Trinajstić information content (AvgIpc) is 2.53. The van der Waals surface area contributed by atoms with Crippen molar-refractivity contribution in [3.63, 3.8) is 0 Å². The van der Waals surface area contributed by atoms with Crippen LogP contribution in [0, 0.1) is 0 Å². The number of rotatable bonds is 6. The summed E-state index contributed by atoms with van der Waals surface area (Å²) in [6.45, 7) is 2.89. The fraction of sp³-hybridized carbons (Fsp3) is 0.294. The Morgan fingerprint density at radius 2 is 1.60 bits per heavy atom. The largest absolute Gasteiger partial charge is 0.494 e. The zero-order valence-electron chi connectivity index (χ0n) is 11.8. The van der Waals surface area contributed by atoms with E-state index in [0.29, 0.717) is 6.61 Å². The molecule has 0 radical (unpaired) electrons. The molecular weight excluding hydrogens is 250 g/mol. The Bertz CT molecular complexity index is 524. The topological polar surface area (TPSA) is 55.5 Å². The number of nitrogens with two attached hydrogens (primary N) is 1. The van der Waals surface area contributed by atoms with E-state index >= 15 is 0 Å². The molecule has 0 aromatic heterocycles. The van der Waals surface area contributed by atoms with Crippen LogP contribution < -0.4 is 10.5 Å². The molecule has 106 valence electrons. The van der Waals surface area contributed by atoms with E-state index < -0.39 is 5.60 Å². The molecule has 2 rings (SSSR count). The predicted octanol–water partition coefficient (Wildman–Crippen LogP) is 2.67. The number of aliphatic hydroxyl groups is 1. The van der Waals surface area contributed by atoms with Crippen molar-refractivity contribution in [1.29, 1.82) is 0 Å². The Balaban J connectivity index is 2.28. The number of hydrogen-bond acceptors (Lipinski definition) is 3. The molecule has 1 unspecified atom stereocenters. The van der Waals surface area contributed by atoms with Crippen molar-refractivity contribution in [3.05, 3.63) is 65.7 Å². The van der Waals surface area contributed by atoms with Gasteiger partial charge in [-0.2, -0.15) is 0 Å². The van der Waals surface area contributed by atoms with Crippen molar-refractivity contribution in [2.24, 2.45) is 5.73 Å². The van der Waals surface area contributed by atoms with E-state index in [-0.39, 0.29) is 6.54 Å². The lowest BCUT2D eigenvalue weighted by Crippen LogP contribution is -2.36. The Labute approximate surface area is 120 Å². The van der Waals surface area contributed by atoms with Crippen molar-refractivity contribution < 1.29 is 9.84 Å². The molecule has 0 heterocycles. The van der Waals surface area contributed by atoms with Gasteiger partial charge < -0.3 is 15.6 Å². The first-order valence-electron chi connectivity index (χ1n) is 6.92. The molecule has 0 spiro atoms. The van der Waals surface area contributed by atoms with Gasteiger partial charge in [-0.3, -0.25) is 0 Å². The maximum atomic E-state index is 10.9. The summed E-state index contributed by atoms with van der Waals surface area (Å²) in [4.78, 5) is 0. The summed E-state index contributed by atoms with van der Waals surface area (Å²) in [6, 6.07) is 17.0. The lowest BCUT2D eigenvalue weighted by Gasteiger charge is -2.28. The van der Waals surface area contributed by atoms with Gasteiger partial charge in [-0.15, -0.1) is 0 Å². The van der Waals surface area contributed by atoms with Gasteiger partial charge in [-0.1, -0.05) is 49.4 Å². The van der Waals surface area contributed by atoms with Crippen LogP contribution in [-0.4, -0.2) is 18.3 Å². The maximum Gasteiger partial charge on any atom is 0.127 e. The molecule has 3 heteroatoms. The molecule has 0 amide bonds. The van der Waals surface area contributed by atoms with Crippen molar-refractivity contribution in [2.45, 2.75) is 18.9 Å². The fourth-order valence-electron chi connectivity index (χ4n) is 2.16. The van der Waals surface area contributed by atoms with Gasteiger partial charge >= 0.3 is 0 Å². The molecule has 0 fully saturated rings. The molecular formula is C17H21NO2. The zero-order valence-corrected chi connectivity index (χ0v) is 11.8. The smallest absolute Gasteiger partial charge is 0.127 e. The number of hydrogen-bond donors (Lipinski definition) is 2. The summed E-state index contributed by atoms with van der Waals surface area (Å²) < 4.78 is 5.55. The third-order valence-electron chi connectivity index (χ3n) is 3.35. The quantitative estimate of drug-likeness (QED) is 0.849. The van der Waals surface area contributed by atoms with E-state index in [0.717, 1.165) is 23.3 Å². The van der Waals surface area contributed by atoms with Crippen LogP contribution in [0.2, 0.25) is 0 Å². The lowest BCUT2D eigenvalue weighted by atomic mass is 9.86. The summed E-state index contributed by atoms with van der Waals surface area (Å²) >= 11 is 0. The predicted molar refractivity (Wildman–Crippen MR) is 80.7 cm³/mol. The molecule has 0 aliphatic carbocycles. The van der Waals surface area contributed by atoms with Gasteiger partial charge in [0.25, 0.3) is 0 Å². The highest BCUT2D eigenvalue weighted by atomic mass is 16.5. The average molecular weight is 271 g/mol. The van der Waals surface area contributed by atoms with E-state index in [1.165, 1.54) is 0 Å². The molecule has 3 N–H and O–H groups in total. The van der Waals surface area contributed by atoms with Crippen LogP contribution in [-0.2, 0) is 5.60 Å². The molecule has 3 nitrogen and oxygen atoms in total. The molecule has 0 saturated heterocycles. The van der Waals surface area contributed by atoms with Crippen molar-refractivity contribution in [1.82, 2.24) is 0 Å². The first kappa shape index (κ1) is 14.6. The standard InChI is InChI=1S/C17H21NO2/c1-2-12-20-16-10-8-15(9-11-16)17(19,13-18)14-6-4-3-5-7-14/h3-11,19H,2,12-13,18H2,1H3. The van der Waals surface area contributed by atoms with Crippen LogP contribution in [0.1, 0.15) is 24.5 Å². The molecule has 2 aromatic carbocycles. The molecule has 0 bridgehead atoms. The van der Waals surface area contributed by atoms with Gasteiger partial charge in [0.1, 0.15) is 11.4 Å². The molecule has 0 saturated carbocycles. The van der Waals surface area contributed by atoms with Crippen LogP contribution in [0.3, 0.4) is 0 Å². The lowest BCUT2D eigenvalue weighted by molar-refractivity contribution is 0.0902. The highest BCUT2D eigenvalue weighted by Crippen LogP contribution is 2.29. The fourth-order valence-corrected chi connectivity index (χ4v) is 2.16. The van der Waals surface area contributed by atoms with Gasteiger partial charge in [-0.05, 0) is 29.7 Å². The minimum absolute atomic E-state index is 0.131. The second-order valence-corrected chi connectivity index (χ2v) is 4.80. The highest BCUT2D eigenvalue weighted by molar-refractivity contribution is 5.39. The minimum Gasteiger partial charge on any atom is -0.494 e. The van der Waals surface area contributed by atoms with Crippen molar-refractivity contribution >= 4 is 0 Å². The summed E-state index contributed by atoms with van der Waals surface area (Å²) in [5.41, 5.74) is 6.22.